The van der Waals surface area contributed by atoms with E-state index in [1.807, 2.05) is 13.8 Å². The molecule has 12 nitrogen and oxygen atoms in total. The summed E-state index contributed by atoms with van der Waals surface area (Å²) in [6.45, 7) is 5.24. The number of carbonyl (C=O) groups excluding carboxylic acids is 1. The van der Waals surface area contributed by atoms with Crippen molar-refractivity contribution in [3.8, 4) is 5.69 Å². The van der Waals surface area contributed by atoms with Crippen molar-refractivity contribution in [2.45, 2.75) is 45.7 Å². The number of nitro groups is 2. The van der Waals surface area contributed by atoms with E-state index in [1.165, 1.54) is 30.1 Å². The van der Waals surface area contributed by atoms with Gasteiger partial charge >= 0.3 is 5.97 Å². The lowest BCUT2D eigenvalue weighted by Crippen LogP contribution is -2.48. The molecule has 0 aliphatic carbocycles. The van der Waals surface area contributed by atoms with Crippen molar-refractivity contribution in [3.05, 3.63) is 56.6 Å². The molecule has 1 aromatic carbocycles. The Kier molecular flexibility index (Phi) is 7.53. The SMILES string of the molecule is CC(=O)C(CC(C)C)NC(Cc1cn(-c2ccc([N+](=O)[O-])cc2[N+](=O)[O-])cn1)C(=O)O. The van der Waals surface area contributed by atoms with E-state index >= 15 is 0 Å². The zero-order valence-electron chi connectivity index (χ0n) is 17.2. The molecular weight excluding hydrogens is 410 g/mol. The first kappa shape index (κ1) is 23.6. The first-order chi connectivity index (χ1) is 14.5. The van der Waals surface area contributed by atoms with Crippen LogP contribution in [0.2, 0.25) is 0 Å². The van der Waals surface area contributed by atoms with Crippen LogP contribution in [0.15, 0.2) is 30.7 Å². The van der Waals surface area contributed by atoms with E-state index in [1.54, 1.807) is 0 Å². The number of non-ortho nitro benzene ring substituents is 1. The molecule has 0 saturated carbocycles. The fraction of sp³-hybridized carbons (Fsp3) is 0.421. The molecule has 2 N–H and O–H groups in total. The molecule has 0 bridgehead atoms. The molecule has 0 radical (unpaired) electrons. The average Bonchev–Trinajstić information content (AvgIpc) is 3.14. The van der Waals surface area contributed by atoms with Gasteiger partial charge in [-0.05, 0) is 25.3 Å². The molecule has 0 aliphatic heterocycles. The number of nitrogens with zero attached hydrogens (tertiary/aromatic N) is 4. The number of imidazole rings is 1. The van der Waals surface area contributed by atoms with Gasteiger partial charge in [-0.25, -0.2) is 4.98 Å². The van der Waals surface area contributed by atoms with Crippen molar-refractivity contribution in [2.24, 2.45) is 5.92 Å². The summed E-state index contributed by atoms with van der Waals surface area (Å²) in [6, 6.07) is 1.48. The molecule has 2 unspecified atom stereocenters. The van der Waals surface area contributed by atoms with Gasteiger partial charge < -0.3 is 5.11 Å². The molecule has 0 fully saturated rings. The minimum atomic E-state index is -1.16. The van der Waals surface area contributed by atoms with E-state index in [9.17, 15) is 34.9 Å². The first-order valence-corrected chi connectivity index (χ1v) is 9.45. The van der Waals surface area contributed by atoms with Crippen molar-refractivity contribution in [1.82, 2.24) is 14.9 Å². The first-order valence-electron chi connectivity index (χ1n) is 9.45. The van der Waals surface area contributed by atoms with Crippen molar-refractivity contribution in [2.75, 3.05) is 0 Å². The second-order valence-electron chi connectivity index (χ2n) is 7.51. The molecule has 2 aromatic rings. The fourth-order valence-electron chi connectivity index (χ4n) is 3.08. The molecule has 2 rings (SSSR count). The topological polar surface area (TPSA) is 170 Å². The van der Waals surface area contributed by atoms with Gasteiger partial charge in [0.25, 0.3) is 11.4 Å². The average molecular weight is 433 g/mol. The Hall–Kier alpha value is -3.67. The van der Waals surface area contributed by atoms with Crippen LogP contribution in [0, 0.1) is 26.1 Å². The van der Waals surface area contributed by atoms with Crippen LogP contribution in [-0.4, -0.2) is 48.3 Å². The summed E-state index contributed by atoms with van der Waals surface area (Å²) < 4.78 is 1.30. The lowest BCUT2D eigenvalue weighted by atomic mass is 9.99. The molecule has 0 amide bonds. The van der Waals surface area contributed by atoms with E-state index in [4.69, 9.17) is 0 Å². The predicted molar refractivity (Wildman–Crippen MR) is 109 cm³/mol. The summed E-state index contributed by atoms with van der Waals surface area (Å²) in [6.07, 6.45) is 3.09. The van der Waals surface area contributed by atoms with Crippen LogP contribution < -0.4 is 5.32 Å². The Morgan fingerprint density at radius 2 is 1.87 bits per heavy atom. The lowest BCUT2D eigenvalue weighted by molar-refractivity contribution is -0.394. The second kappa shape index (κ2) is 9.89. The maximum atomic E-state index is 11.9. The van der Waals surface area contributed by atoms with Crippen LogP contribution in [-0.2, 0) is 16.0 Å². The van der Waals surface area contributed by atoms with Crippen LogP contribution >= 0.6 is 0 Å². The summed E-state index contributed by atoms with van der Waals surface area (Å²) in [5, 5.41) is 34.7. The molecular formula is C19H23N5O7. The highest BCUT2D eigenvalue weighted by molar-refractivity contribution is 5.83. The number of nitro benzene ring substituents is 2. The summed E-state index contributed by atoms with van der Waals surface area (Å²) in [5.74, 6) is -1.16. The standard InChI is InChI=1S/C19H23N5O7/c1-11(2)6-15(12(3)25)21-16(19(26)27)7-13-9-22(10-20-13)17-5-4-14(23(28)29)8-18(17)24(30)31/h4-5,8-11,15-16,21H,6-7H2,1-3H3,(H,26,27). The smallest absolute Gasteiger partial charge is 0.321 e. The number of aliphatic carboxylic acids is 1. The zero-order valence-corrected chi connectivity index (χ0v) is 17.2. The maximum absolute atomic E-state index is 11.9. The van der Waals surface area contributed by atoms with E-state index in [-0.39, 0.29) is 23.8 Å². The molecule has 0 spiro atoms. The zero-order chi connectivity index (χ0) is 23.3. The van der Waals surface area contributed by atoms with E-state index in [0.717, 1.165) is 12.1 Å². The largest absolute Gasteiger partial charge is 0.480 e. The number of nitrogens with one attached hydrogen (secondary N) is 1. The number of carboxylic acids is 1. The predicted octanol–water partition coefficient (Wildman–Crippen LogP) is 2.28. The maximum Gasteiger partial charge on any atom is 0.321 e. The van der Waals surface area contributed by atoms with E-state index in [2.05, 4.69) is 10.3 Å². The molecule has 166 valence electrons. The molecule has 0 aliphatic rings. The van der Waals surface area contributed by atoms with Gasteiger partial charge in [0, 0.05) is 18.7 Å². The second-order valence-corrected chi connectivity index (χ2v) is 7.51. The number of carbonyl (C=O) groups is 2. The highest BCUT2D eigenvalue weighted by Gasteiger charge is 2.26. The van der Waals surface area contributed by atoms with Crippen LogP contribution in [0.3, 0.4) is 0 Å². The van der Waals surface area contributed by atoms with Gasteiger partial charge in [-0.3, -0.25) is 39.7 Å². The number of benzene rings is 1. The highest BCUT2D eigenvalue weighted by Crippen LogP contribution is 2.28. The Balaban J connectivity index is 2.28. The fourth-order valence-corrected chi connectivity index (χ4v) is 3.08. The van der Waals surface area contributed by atoms with Crippen LogP contribution in [0.1, 0.15) is 32.9 Å². The van der Waals surface area contributed by atoms with Gasteiger partial charge in [-0.2, -0.15) is 0 Å². The summed E-state index contributed by atoms with van der Waals surface area (Å²) in [7, 11) is 0. The van der Waals surface area contributed by atoms with Crippen molar-refractivity contribution < 1.29 is 24.5 Å². The minimum absolute atomic E-state index is 0.0515. The third-order valence-electron chi connectivity index (χ3n) is 4.59. The lowest BCUT2D eigenvalue weighted by Gasteiger charge is -2.22. The third-order valence-corrected chi connectivity index (χ3v) is 4.59. The number of hydrogen-bond acceptors (Lipinski definition) is 8. The van der Waals surface area contributed by atoms with Gasteiger partial charge in [0.2, 0.25) is 0 Å². The Labute approximate surface area is 177 Å². The summed E-state index contributed by atoms with van der Waals surface area (Å²) in [5.41, 5.74) is -0.541. The molecule has 2 atom stereocenters. The number of aromatic nitrogens is 2. The number of ketones is 1. The van der Waals surface area contributed by atoms with E-state index in [0.29, 0.717) is 12.1 Å². The minimum Gasteiger partial charge on any atom is -0.480 e. The normalized spacial score (nSPS) is 13.0. The quantitative estimate of drug-likeness (QED) is 0.398. The molecule has 1 heterocycles. The number of Topliss-reactive ketones (excluding diaryl/α,β-unsaturated/α-hetero) is 1. The third kappa shape index (κ3) is 6.15. The Morgan fingerprint density at radius 3 is 2.39 bits per heavy atom. The number of hydrogen-bond donors (Lipinski definition) is 2. The van der Waals surface area contributed by atoms with Crippen molar-refractivity contribution in [1.29, 1.82) is 0 Å². The van der Waals surface area contributed by atoms with Gasteiger partial charge in [0.1, 0.15) is 17.5 Å². The number of carboxylic acid groups (broad SMARTS) is 1. The van der Waals surface area contributed by atoms with Crippen molar-refractivity contribution >= 4 is 23.1 Å². The van der Waals surface area contributed by atoms with Gasteiger partial charge in [0.05, 0.1) is 34.0 Å². The van der Waals surface area contributed by atoms with E-state index < -0.39 is 39.3 Å². The monoisotopic (exact) mass is 433 g/mol. The highest BCUT2D eigenvalue weighted by atomic mass is 16.6. The molecule has 12 heteroatoms. The van der Waals surface area contributed by atoms with Crippen LogP contribution in [0.25, 0.3) is 5.69 Å². The van der Waals surface area contributed by atoms with Gasteiger partial charge in [0.15, 0.2) is 0 Å². The van der Waals surface area contributed by atoms with Crippen LogP contribution in [0.5, 0.6) is 0 Å². The Morgan fingerprint density at radius 1 is 1.19 bits per heavy atom. The number of rotatable bonds is 11. The Bertz CT molecular complexity index is 1000. The molecule has 0 saturated heterocycles. The van der Waals surface area contributed by atoms with Crippen LogP contribution in [0.4, 0.5) is 11.4 Å². The molecule has 1 aromatic heterocycles. The van der Waals surface area contributed by atoms with Crippen molar-refractivity contribution in [3.63, 3.8) is 0 Å². The molecule has 31 heavy (non-hydrogen) atoms. The summed E-state index contributed by atoms with van der Waals surface area (Å²) in [4.78, 5) is 48.4. The van der Waals surface area contributed by atoms with Gasteiger partial charge in [-0.15, -0.1) is 0 Å². The van der Waals surface area contributed by atoms with Gasteiger partial charge in [-0.1, -0.05) is 13.8 Å². The summed E-state index contributed by atoms with van der Waals surface area (Å²) >= 11 is 0.